The van der Waals surface area contributed by atoms with E-state index in [1.165, 1.54) is 12.1 Å². The van der Waals surface area contributed by atoms with E-state index in [4.69, 9.17) is 4.55 Å². The standard InChI is InChI=1S/C13H17FO3S/c14-12-5-1-10(2-6-12)9-11-3-7-13(8-4-11)18(15,16)17/h3-4,7-8,10,12H,1-2,5-6,9H2,(H,15,16,17). The van der Waals surface area contributed by atoms with Crippen LogP contribution in [0.1, 0.15) is 31.2 Å². The minimum atomic E-state index is -4.11. The summed E-state index contributed by atoms with van der Waals surface area (Å²) >= 11 is 0. The second-order valence-corrected chi connectivity index (χ2v) is 6.36. The summed E-state index contributed by atoms with van der Waals surface area (Å²) in [4.78, 5) is -0.0845. The Hall–Kier alpha value is -0.940. The van der Waals surface area contributed by atoms with Gasteiger partial charge in [0, 0.05) is 0 Å². The number of alkyl halides is 1. The van der Waals surface area contributed by atoms with Crippen molar-refractivity contribution >= 4 is 10.1 Å². The van der Waals surface area contributed by atoms with Crippen LogP contribution in [0.2, 0.25) is 0 Å². The van der Waals surface area contributed by atoms with Crippen LogP contribution in [0, 0.1) is 5.92 Å². The molecule has 1 aliphatic rings. The van der Waals surface area contributed by atoms with Gasteiger partial charge < -0.3 is 0 Å². The van der Waals surface area contributed by atoms with Crippen molar-refractivity contribution in [3.63, 3.8) is 0 Å². The predicted molar refractivity (Wildman–Crippen MR) is 66.8 cm³/mol. The Morgan fingerprint density at radius 1 is 1.11 bits per heavy atom. The molecule has 5 heteroatoms. The topological polar surface area (TPSA) is 54.4 Å². The molecule has 0 radical (unpaired) electrons. The highest BCUT2D eigenvalue weighted by Gasteiger charge is 2.20. The third kappa shape index (κ3) is 3.53. The summed E-state index contributed by atoms with van der Waals surface area (Å²) in [5.74, 6) is 0.480. The van der Waals surface area contributed by atoms with Gasteiger partial charge in [0.1, 0.15) is 6.17 Å². The summed E-state index contributed by atoms with van der Waals surface area (Å²) in [5.41, 5.74) is 1.03. The fraction of sp³-hybridized carbons (Fsp3) is 0.538. The fourth-order valence-electron chi connectivity index (χ4n) is 2.46. The Labute approximate surface area is 107 Å². The van der Waals surface area contributed by atoms with Crippen LogP contribution in [-0.4, -0.2) is 19.1 Å². The molecular weight excluding hydrogens is 255 g/mol. The minimum Gasteiger partial charge on any atom is -0.282 e. The van der Waals surface area contributed by atoms with E-state index in [9.17, 15) is 12.8 Å². The van der Waals surface area contributed by atoms with Crippen LogP contribution < -0.4 is 0 Å². The first-order valence-corrected chi connectivity index (χ1v) is 7.59. The quantitative estimate of drug-likeness (QED) is 0.861. The third-order valence-electron chi connectivity index (χ3n) is 3.52. The fourth-order valence-corrected chi connectivity index (χ4v) is 2.94. The van der Waals surface area contributed by atoms with Gasteiger partial charge >= 0.3 is 0 Å². The number of halogens is 1. The van der Waals surface area contributed by atoms with Crippen molar-refractivity contribution < 1.29 is 17.4 Å². The Morgan fingerprint density at radius 3 is 2.17 bits per heavy atom. The molecule has 0 aromatic heterocycles. The second-order valence-electron chi connectivity index (χ2n) is 4.94. The molecule has 1 saturated carbocycles. The molecule has 0 spiro atoms. The summed E-state index contributed by atoms with van der Waals surface area (Å²) in [5, 5.41) is 0. The van der Waals surface area contributed by atoms with E-state index in [-0.39, 0.29) is 4.90 Å². The molecular formula is C13H17FO3S. The van der Waals surface area contributed by atoms with Gasteiger partial charge in [0.25, 0.3) is 10.1 Å². The van der Waals surface area contributed by atoms with Crippen molar-refractivity contribution in [2.24, 2.45) is 5.92 Å². The van der Waals surface area contributed by atoms with Crippen LogP contribution in [0.5, 0.6) is 0 Å². The molecule has 18 heavy (non-hydrogen) atoms. The Balaban J connectivity index is 1.98. The smallest absolute Gasteiger partial charge is 0.282 e. The van der Waals surface area contributed by atoms with Crippen LogP contribution in [0.3, 0.4) is 0 Å². The summed E-state index contributed by atoms with van der Waals surface area (Å²) in [6.07, 6.45) is 3.24. The normalized spacial score (nSPS) is 25.0. The zero-order chi connectivity index (χ0) is 13.2. The third-order valence-corrected chi connectivity index (χ3v) is 4.39. The van der Waals surface area contributed by atoms with Gasteiger partial charge in [-0.2, -0.15) is 8.42 Å². The first-order valence-electron chi connectivity index (χ1n) is 6.15. The largest absolute Gasteiger partial charge is 0.294 e. The van der Waals surface area contributed by atoms with E-state index in [0.29, 0.717) is 18.8 Å². The molecule has 1 aromatic rings. The van der Waals surface area contributed by atoms with Gasteiger partial charge in [-0.05, 0) is 55.7 Å². The maximum atomic E-state index is 13.0. The average molecular weight is 272 g/mol. The van der Waals surface area contributed by atoms with Gasteiger partial charge in [0.05, 0.1) is 4.90 Å². The number of hydrogen-bond donors (Lipinski definition) is 1. The van der Waals surface area contributed by atoms with Gasteiger partial charge in [-0.1, -0.05) is 12.1 Å². The summed E-state index contributed by atoms with van der Waals surface area (Å²) < 4.78 is 43.6. The van der Waals surface area contributed by atoms with Crippen molar-refractivity contribution in [1.82, 2.24) is 0 Å². The van der Waals surface area contributed by atoms with E-state index < -0.39 is 16.3 Å². The first-order chi connectivity index (χ1) is 8.45. The maximum Gasteiger partial charge on any atom is 0.294 e. The first kappa shape index (κ1) is 13.5. The van der Waals surface area contributed by atoms with Gasteiger partial charge in [-0.15, -0.1) is 0 Å². The summed E-state index contributed by atoms with van der Waals surface area (Å²) in [6.45, 7) is 0. The molecule has 1 N–H and O–H groups in total. The van der Waals surface area contributed by atoms with Crippen molar-refractivity contribution in [2.45, 2.75) is 43.2 Å². The van der Waals surface area contributed by atoms with Crippen molar-refractivity contribution in [2.75, 3.05) is 0 Å². The van der Waals surface area contributed by atoms with Gasteiger partial charge in [0.2, 0.25) is 0 Å². The Morgan fingerprint density at radius 2 is 1.67 bits per heavy atom. The highest BCUT2D eigenvalue weighted by atomic mass is 32.2. The van der Waals surface area contributed by atoms with Crippen LogP contribution in [0.15, 0.2) is 29.2 Å². The molecule has 1 fully saturated rings. The monoisotopic (exact) mass is 272 g/mol. The number of rotatable bonds is 3. The Kier molecular flexibility index (Phi) is 4.02. The molecule has 0 amide bonds. The molecule has 1 aliphatic carbocycles. The second kappa shape index (κ2) is 5.36. The molecule has 1 aromatic carbocycles. The SMILES string of the molecule is O=S(=O)(O)c1ccc(CC2CCC(F)CC2)cc1. The van der Waals surface area contributed by atoms with Gasteiger partial charge in [0.15, 0.2) is 0 Å². The lowest BCUT2D eigenvalue weighted by molar-refractivity contribution is 0.207. The minimum absolute atomic E-state index is 0.0845. The molecule has 0 unspecified atom stereocenters. The lowest BCUT2D eigenvalue weighted by Crippen LogP contribution is -2.16. The predicted octanol–water partition coefficient (Wildman–Crippen LogP) is 3.00. The van der Waals surface area contributed by atoms with Gasteiger partial charge in [-0.25, -0.2) is 4.39 Å². The number of benzene rings is 1. The summed E-state index contributed by atoms with van der Waals surface area (Å²) in [6, 6.07) is 6.24. The molecule has 2 rings (SSSR count). The molecule has 0 bridgehead atoms. The highest BCUT2D eigenvalue weighted by molar-refractivity contribution is 7.85. The van der Waals surface area contributed by atoms with E-state index in [2.05, 4.69) is 0 Å². The van der Waals surface area contributed by atoms with Crippen LogP contribution in [-0.2, 0) is 16.5 Å². The molecule has 0 atom stereocenters. The van der Waals surface area contributed by atoms with E-state index >= 15 is 0 Å². The molecule has 0 heterocycles. The average Bonchev–Trinajstić information content (AvgIpc) is 2.32. The zero-order valence-electron chi connectivity index (χ0n) is 10.0. The van der Waals surface area contributed by atoms with Crippen molar-refractivity contribution in [3.8, 4) is 0 Å². The lowest BCUT2D eigenvalue weighted by Gasteiger charge is -2.24. The molecule has 100 valence electrons. The van der Waals surface area contributed by atoms with Gasteiger partial charge in [-0.3, -0.25) is 4.55 Å². The molecule has 0 aliphatic heterocycles. The van der Waals surface area contributed by atoms with Crippen LogP contribution in [0.25, 0.3) is 0 Å². The van der Waals surface area contributed by atoms with Crippen molar-refractivity contribution in [1.29, 1.82) is 0 Å². The molecule has 0 saturated heterocycles. The van der Waals surface area contributed by atoms with Crippen LogP contribution in [0.4, 0.5) is 4.39 Å². The number of hydrogen-bond acceptors (Lipinski definition) is 2. The van der Waals surface area contributed by atoms with Crippen molar-refractivity contribution in [3.05, 3.63) is 29.8 Å². The van der Waals surface area contributed by atoms with E-state index in [1.54, 1.807) is 12.1 Å². The Bertz CT molecular complexity index is 487. The maximum absolute atomic E-state index is 13.0. The highest BCUT2D eigenvalue weighted by Crippen LogP contribution is 2.29. The molecule has 3 nitrogen and oxygen atoms in total. The van der Waals surface area contributed by atoms with E-state index in [0.717, 1.165) is 24.8 Å². The van der Waals surface area contributed by atoms with Crippen LogP contribution >= 0.6 is 0 Å². The van der Waals surface area contributed by atoms with E-state index in [1.807, 2.05) is 0 Å². The lowest BCUT2D eigenvalue weighted by atomic mass is 9.84. The zero-order valence-corrected chi connectivity index (χ0v) is 10.9. The summed E-state index contributed by atoms with van der Waals surface area (Å²) in [7, 11) is -4.11.